The first kappa shape index (κ1) is 18.6. The summed E-state index contributed by atoms with van der Waals surface area (Å²) in [6.45, 7) is 2.12. The maximum atomic E-state index is 12.4. The molecule has 5 heteroatoms. The molecule has 0 saturated heterocycles. The summed E-state index contributed by atoms with van der Waals surface area (Å²) >= 11 is 0. The smallest absolute Gasteiger partial charge is 0.271 e. The maximum Gasteiger partial charge on any atom is 0.271 e. The summed E-state index contributed by atoms with van der Waals surface area (Å²) in [6.07, 6.45) is 3.36. The van der Waals surface area contributed by atoms with Crippen LogP contribution in [0, 0.1) is 0 Å². The van der Waals surface area contributed by atoms with Crippen molar-refractivity contribution in [1.82, 2.24) is 15.4 Å². The minimum Gasteiger partial charge on any atom is -0.342 e. The second-order valence-corrected chi connectivity index (χ2v) is 6.87. The number of hydrogen-bond donors (Lipinski definition) is 2. The molecule has 5 nitrogen and oxygen atoms in total. The lowest BCUT2D eigenvalue weighted by molar-refractivity contribution is 0.0955. The molecule has 0 spiro atoms. The van der Waals surface area contributed by atoms with Gasteiger partial charge in [-0.25, -0.2) is 10.4 Å². The van der Waals surface area contributed by atoms with E-state index in [1.165, 1.54) is 11.1 Å². The molecule has 4 rings (SSSR count). The highest BCUT2D eigenvalue weighted by Crippen LogP contribution is 2.16. The second kappa shape index (κ2) is 8.52. The monoisotopic (exact) mass is 382 g/mol. The fourth-order valence-electron chi connectivity index (χ4n) is 3.15. The van der Waals surface area contributed by atoms with Gasteiger partial charge in [0.2, 0.25) is 0 Å². The zero-order valence-electron chi connectivity index (χ0n) is 16.2. The molecule has 29 heavy (non-hydrogen) atoms. The first-order valence-electron chi connectivity index (χ1n) is 9.66. The number of nitrogens with zero attached hydrogens (tertiary/aromatic N) is 2. The molecule has 1 aromatic heterocycles. The SMILES string of the molecule is CCc1ccc(/C=N\NC(=O)c2ccc3nc(Cc4ccccc4)[nH]c3c2)cc1. The van der Waals surface area contributed by atoms with Crippen molar-refractivity contribution in [2.45, 2.75) is 19.8 Å². The minimum absolute atomic E-state index is 0.257. The van der Waals surface area contributed by atoms with Crippen molar-refractivity contribution in [3.05, 3.63) is 101 Å². The van der Waals surface area contributed by atoms with Gasteiger partial charge in [0.05, 0.1) is 17.2 Å². The summed E-state index contributed by atoms with van der Waals surface area (Å²) in [6, 6.07) is 23.7. The van der Waals surface area contributed by atoms with E-state index >= 15 is 0 Å². The molecule has 0 unspecified atom stereocenters. The van der Waals surface area contributed by atoms with Crippen LogP contribution in [0.1, 0.15) is 39.8 Å². The van der Waals surface area contributed by atoms with Gasteiger partial charge >= 0.3 is 0 Å². The van der Waals surface area contributed by atoms with Gasteiger partial charge in [-0.2, -0.15) is 5.10 Å². The van der Waals surface area contributed by atoms with Crippen LogP contribution in [-0.4, -0.2) is 22.1 Å². The average molecular weight is 382 g/mol. The molecule has 0 saturated carbocycles. The van der Waals surface area contributed by atoms with E-state index in [0.717, 1.165) is 35.3 Å². The molecule has 1 amide bonds. The number of benzene rings is 3. The number of carbonyl (C=O) groups is 1. The second-order valence-electron chi connectivity index (χ2n) is 6.87. The van der Waals surface area contributed by atoms with E-state index in [1.807, 2.05) is 36.4 Å². The lowest BCUT2D eigenvalue weighted by atomic mass is 10.1. The molecule has 144 valence electrons. The number of imidazole rings is 1. The van der Waals surface area contributed by atoms with Crippen LogP contribution in [0.15, 0.2) is 77.9 Å². The van der Waals surface area contributed by atoms with Crippen molar-refractivity contribution < 1.29 is 4.79 Å². The van der Waals surface area contributed by atoms with Gasteiger partial charge in [0.1, 0.15) is 5.82 Å². The molecule has 2 N–H and O–H groups in total. The third kappa shape index (κ3) is 4.58. The van der Waals surface area contributed by atoms with Crippen LogP contribution >= 0.6 is 0 Å². The molecule has 0 radical (unpaired) electrons. The van der Waals surface area contributed by atoms with E-state index < -0.39 is 0 Å². The van der Waals surface area contributed by atoms with Gasteiger partial charge in [0.15, 0.2) is 0 Å². The van der Waals surface area contributed by atoms with Gasteiger partial charge in [-0.05, 0) is 41.3 Å². The van der Waals surface area contributed by atoms with Crippen LogP contribution in [0.2, 0.25) is 0 Å². The fraction of sp³-hybridized carbons (Fsp3) is 0.125. The van der Waals surface area contributed by atoms with Crippen LogP contribution in [0.4, 0.5) is 0 Å². The predicted octanol–water partition coefficient (Wildman–Crippen LogP) is 4.48. The summed E-state index contributed by atoms with van der Waals surface area (Å²) < 4.78 is 0. The number of hydrogen-bond acceptors (Lipinski definition) is 3. The number of aryl methyl sites for hydroxylation is 1. The van der Waals surface area contributed by atoms with Crippen LogP contribution in [-0.2, 0) is 12.8 Å². The normalized spacial score (nSPS) is 11.2. The number of hydrazone groups is 1. The fourth-order valence-corrected chi connectivity index (χ4v) is 3.15. The van der Waals surface area contributed by atoms with Crippen molar-refractivity contribution in [2.75, 3.05) is 0 Å². The molecule has 0 aliphatic heterocycles. The van der Waals surface area contributed by atoms with Crippen LogP contribution in [0.5, 0.6) is 0 Å². The molecule has 0 bridgehead atoms. The lowest BCUT2D eigenvalue weighted by Gasteiger charge is -2.00. The Morgan fingerprint density at radius 2 is 1.83 bits per heavy atom. The lowest BCUT2D eigenvalue weighted by Crippen LogP contribution is -2.17. The van der Waals surface area contributed by atoms with Crippen LogP contribution < -0.4 is 5.43 Å². The first-order chi connectivity index (χ1) is 14.2. The van der Waals surface area contributed by atoms with Gasteiger partial charge in [0, 0.05) is 12.0 Å². The third-order valence-electron chi connectivity index (χ3n) is 4.78. The highest BCUT2D eigenvalue weighted by molar-refractivity contribution is 5.97. The third-order valence-corrected chi connectivity index (χ3v) is 4.78. The maximum absolute atomic E-state index is 12.4. The van der Waals surface area contributed by atoms with Crippen molar-refractivity contribution >= 4 is 23.2 Å². The van der Waals surface area contributed by atoms with Crippen LogP contribution in [0.3, 0.4) is 0 Å². The molecule has 0 fully saturated rings. The quantitative estimate of drug-likeness (QED) is 0.381. The van der Waals surface area contributed by atoms with E-state index in [-0.39, 0.29) is 5.91 Å². The van der Waals surface area contributed by atoms with Gasteiger partial charge in [0.25, 0.3) is 5.91 Å². The highest BCUT2D eigenvalue weighted by atomic mass is 16.2. The zero-order chi connectivity index (χ0) is 20.1. The molecule has 4 aromatic rings. The van der Waals surface area contributed by atoms with Gasteiger partial charge in [-0.15, -0.1) is 0 Å². The summed E-state index contributed by atoms with van der Waals surface area (Å²) in [5.41, 5.74) is 8.19. The Labute approximate surface area is 169 Å². The van der Waals surface area contributed by atoms with E-state index in [1.54, 1.807) is 18.3 Å². The van der Waals surface area contributed by atoms with Crippen molar-refractivity contribution in [3.8, 4) is 0 Å². The van der Waals surface area contributed by atoms with E-state index in [2.05, 4.69) is 51.7 Å². The highest BCUT2D eigenvalue weighted by Gasteiger charge is 2.09. The molecule has 1 heterocycles. The largest absolute Gasteiger partial charge is 0.342 e. The molecular weight excluding hydrogens is 360 g/mol. The number of aromatic nitrogens is 2. The standard InChI is InChI=1S/C24H22N4O/c1-2-17-8-10-19(11-9-17)16-25-28-24(29)20-12-13-21-22(15-20)27-23(26-21)14-18-6-4-3-5-7-18/h3-13,15-16H,2,14H2,1H3,(H,26,27)(H,28,29)/b25-16-. The Bertz CT molecular complexity index is 1140. The number of H-pyrrole nitrogens is 1. The number of rotatable bonds is 6. The molecule has 0 aliphatic rings. The van der Waals surface area contributed by atoms with Gasteiger partial charge in [-0.3, -0.25) is 4.79 Å². The van der Waals surface area contributed by atoms with Crippen molar-refractivity contribution in [1.29, 1.82) is 0 Å². The number of carbonyl (C=O) groups excluding carboxylic acids is 1. The zero-order valence-corrected chi connectivity index (χ0v) is 16.2. The topological polar surface area (TPSA) is 70.1 Å². The summed E-state index contributed by atoms with van der Waals surface area (Å²) in [7, 11) is 0. The van der Waals surface area contributed by atoms with Crippen molar-refractivity contribution in [2.24, 2.45) is 5.10 Å². The Kier molecular flexibility index (Phi) is 5.47. The summed E-state index contributed by atoms with van der Waals surface area (Å²) in [5, 5.41) is 4.06. The predicted molar refractivity (Wildman–Crippen MR) is 116 cm³/mol. The van der Waals surface area contributed by atoms with Gasteiger partial charge < -0.3 is 4.98 Å². The molecular formula is C24H22N4O. The summed E-state index contributed by atoms with van der Waals surface area (Å²) in [5.74, 6) is 0.616. The van der Waals surface area contributed by atoms with E-state index in [0.29, 0.717) is 5.56 Å². The molecule has 0 atom stereocenters. The average Bonchev–Trinajstić information content (AvgIpc) is 3.16. The van der Waals surface area contributed by atoms with Gasteiger partial charge in [-0.1, -0.05) is 61.5 Å². The van der Waals surface area contributed by atoms with E-state index in [4.69, 9.17) is 0 Å². The Morgan fingerprint density at radius 1 is 1.03 bits per heavy atom. The molecule has 3 aromatic carbocycles. The van der Waals surface area contributed by atoms with Crippen LogP contribution in [0.25, 0.3) is 11.0 Å². The molecule has 0 aliphatic carbocycles. The number of amides is 1. The summed E-state index contributed by atoms with van der Waals surface area (Å²) in [4.78, 5) is 20.3. The first-order valence-corrected chi connectivity index (χ1v) is 9.66. The Balaban J connectivity index is 1.44. The Morgan fingerprint density at radius 3 is 2.59 bits per heavy atom. The minimum atomic E-state index is -0.257. The number of nitrogens with one attached hydrogen (secondary N) is 2. The van der Waals surface area contributed by atoms with Crippen molar-refractivity contribution in [3.63, 3.8) is 0 Å². The van der Waals surface area contributed by atoms with E-state index in [9.17, 15) is 4.79 Å². The number of fused-ring (bicyclic) bond motifs is 1. The number of aromatic amines is 1. The Hall–Kier alpha value is -3.73.